The minimum atomic E-state index is 0. The van der Waals surface area contributed by atoms with Gasteiger partial charge in [0.25, 0.3) is 0 Å². The Morgan fingerprint density at radius 3 is 2.40 bits per heavy atom. The molecule has 0 bridgehead atoms. The van der Waals surface area contributed by atoms with Gasteiger partial charge in [0.05, 0.1) is 13.2 Å². The van der Waals surface area contributed by atoms with Crippen LogP contribution < -0.4 is 10.5 Å². The van der Waals surface area contributed by atoms with Crippen LogP contribution in [0, 0.1) is 0 Å². The van der Waals surface area contributed by atoms with Crippen LogP contribution in [0.3, 0.4) is 0 Å². The number of hydrogen-bond donors (Lipinski definition) is 1. The Labute approximate surface area is 126 Å². The first-order valence-corrected chi connectivity index (χ1v) is 6.39. The number of hydrogen-bond acceptors (Lipinski definition) is 3. The van der Waals surface area contributed by atoms with Crippen molar-refractivity contribution in [3.63, 3.8) is 0 Å². The Balaban J connectivity index is 0.00000200. The van der Waals surface area contributed by atoms with Crippen molar-refractivity contribution in [1.29, 1.82) is 0 Å². The van der Waals surface area contributed by atoms with E-state index in [1.54, 1.807) is 0 Å². The van der Waals surface area contributed by atoms with Gasteiger partial charge in [0.1, 0.15) is 11.5 Å². The van der Waals surface area contributed by atoms with Crippen molar-refractivity contribution < 1.29 is 9.47 Å². The predicted octanol–water partition coefficient (Wildman–Crippen LogP) is 3.76. The van der Waals surface area contributed by atoms with Crippen molar-refractivity contribution in [2.75, 3.05) is 6.61 Å². The summed E-state index contributed by atoms with van der Waals surface area (Å²) >= 11 is 0. The monoisotopic (exact) mass is 293 g/mol. The molecule has 0 spiro atoms. The van der Waals surface area contributed by atoms with Crippen LogP contribution in [0.25, 0.3) is 0 Å². The predicted molar refractivity (Wildman–Crippen MR) is 83.5 cm³/mol. The fourth-order valence-electron chi connectivity index (χ4n) is 1.69. The van der Waals surface area contributed by atoms with Gasteiger partial charge in [-0.3, -0.25) is 0 Å². The van der Waals surface area contributed by atoms with Gasteiger partial charge in [-0.15, -0.1) is 12.4 Å². The lowest BCUT2D eigenvalue weighted by molar-refractivity contribution is 0.111. The third-order valence-electron chi connectivity index (χ3n) is 2.53. The van der Waals surface area contributed by atoms with E-state index < -0.39 is 0 Å². The van der Waals surface area contributed by atoms with E-state index in [0.29, 0.717) is 13.2 Å². The Kier molecular flexibility index (Phi) is 7.09. The first kappa shape index (κ1) is 16.5. The van der Waals surface area contributed by atoms with Gasteiger partial charge in [-0.25, -0.2) is 0 Å². The molecule has 0 fully saturated rings. The van der Waals surface area contributed by atoms with Gasteiger partial charge in [0, 0.05) is 6.04 Å². The van der Waals surface area contributed by atoms with Crippen molar-refractivity contribution >= 4 is 12.4 Å². The second-order valence-corrected chi connectivity index (χ2v) is 4.55. The summed E-state index contributed by atoms with van der Waals surface area (Å²) in [5, 5.41) is 0. The van der Waals surface area contributed by atoms with Crippen LogP contribution in [0.2, 0.25) is 0 Å². The van der Waals surface area contributed by atoms with Gasteiger partial charge in [0.2, 0.25) is 0 Å². The largest absolute Gasteiger partial charge is 0.457 e. The van der Waals surface area contributed by atoms with Gasteiger partial charge < -0.3 is 15.2 Å². The van der Waals surface area contributed by atoms with Crippen molar-refractivity contribution in [3.05, 3.63) is 60.2 Å². The SMILES string of the molecule is CC(N)COCc1cccc(Oc2ccccc2)c1.Cl. The molecule has 0 aromatic heterocycles. The molecule has 0 saturated heterocycles. The topological polar surface area (TPSA) is 44.5 Å². The van der Waals surface area contributed by atoms with Gasteiger partial charge >= 0.3 is 0 Å². The maximum absolute atomic E-state index is 5.77. The van der Waals surface area contributed by atoms with E-state index >= 15 is 0 Å². The molecule has 20 heavy (non-hydrogen) atoms. The Morgan fingerprint density at radius 1 is 1.00 bits per heavy atom. The Morgan fingerprint density at radius 2 is 1.70 bits per heavy atom. The molecule has 108 valence electrons. The summed E-state index contributed by atoms with van der Waals surface area (Å²) in [4.78, 5) is 0. The first-order valence-electron chi connectivity index (χ1n) is 6.39. The lowest BCUT2D eigenvalue weighted by atomic mass is 10.2. The molecule has 2 aromatic rings. The number of ether oxygens (including phenoxy) is 2. The Bertz CT molecular complexity index is 503. The molecule has 0 aliphatic carbocycles. The van der Waals surface area contributed by atoms with Gasteiger partial charge in [-0.1, -0.05) is 30.3 Å². The fourth-order valence-corrected chi connectivity index (χ4v) is 1.69. The molecular weight excluding hydrogens is 274 g/mol. The fraction of sp³-hybridized carbons (Fsp3) is 0.250. The van der Waals surface area contributed by atoms with E-state index in [1.807, 2.05) is 61.5 Å². The second-order valence-electron chi connectivity index (χ2n) is 4.55. The zero-order chi connectivity index (χ0) is 13.5. The minimum absolute atomic E-state index is 0. The van der Waals surface area contributed by atoms with E-state index in [9.17, 15) is 0 Å². The third kappa shape index (κ3) is 5.61. The lowest BCUT2D eigenvalue weighted by Gasteiger charge is -2.09. The summed E-state index contributed by atoms with van der Waals surface area (Å²) in [5.41, 5.74) is 6.72. The molecule has 1 unspecified atom stereocenters. The lowest BCUT2D eigenvalue weighted by Crippen LogP contribution is -2.21. The molecule has 2 N–H and O–H groups in total. The average Bonchev–Trinajstić information content (AvgIpc) is 2.40. The zero-order valence-electron chi connectivity index (χ0n) is 11.5. The highest BCUT2D eigenvalue weighted by Gasteiger charge is 2.00. The van der Waals surface area contributed by atoms with Crippen molar-refractivity contribution in [2.24, 2.45) is 5.73 Å². The number of nitrogens with two attached hydrogens (primary N) is 1. The molecule has 2 aromatic carbocycles. The van der Waals surface area contributed by atoms with Crippen LogP contribution in [0.5, 0.6) is 11.5 Å². The van der Waals surface area contributed by atoms with Crippen molar-refractivity contribution in [3.8, 4) is 11.5 Å². The Hall–Kier alpha value is -1.55. The third-order valence-corrected chi connectivity index (χ3v) is 2.53. The maximum atomic E-state index is 5.77. The van der Waals surface area contributed by atoms with Crippen LogP contribution in [0.1, 0.15) is 12.5 Å². The van der Waals surface area contributed by atoms with Gasteiger partial charge in [-0.05, 0) is 36.8 Å². The highest BCUT2D eigenvalue weighted by atomic mass is 35.5. The van der Waals surface area contributed by atoms with Crippen molar-refractivity contribution in [2.45, 2.75) is 19.6 Å². The van der Waals surface area contributed by atoms with E-state index in [1.165, 1.54) is 0 Å². The highest BCUT2D eigenvalue weighted by Crippen LogP contribution is 2.22. The normalized spacial score (nSPS) is 11.5. The molecule has 0 amide bonds. The van der Waals surface area contributed by atoms with Crippen LogP contribution in [0.15, 0.2) is 54.6 Å². The highest BCUT2D eigenvalue weighted by molar-refractivity contribution is 5.85. The maximum Gasteiger partial charge on any atom is 0.127 e. The van der Waals surface area contributed by atoms with E-state index in [-0.39, 0.29) is 18.4 Å². The molecule has 1 atom stereocenters. The zero-order valence-corrected chi connectivity index (χ0v) is 12.3. The first-order chi connectivity index (χ1) is 9.24. The van der Waals surface area contributed by atoms with Crippen LogP contribution in [-0.4, -0.2) is 12.6 Å². The summed E-state index contributed by atoms with van der Waals surface area (Å²) in [6, 6.07) is 17.7. The summed E-state index contributed by atoms with van der Waals surface area (Å²) in [7, 11) is 0. The van der Waals surface area contributed by atoms with E-state index in [4.69, 9.17) is 15.2 Å². The molecule has 2 rings (SSSR count). The molecule has 4 heteroatoms. The molecule has 0 saturated carbocycles. The smallest absolute Gasteiger partial charge is 0.127 e. The molecule has 0 radical (unpaired) electrons. The number of halogens is 1. The van der Waals surface area contributed by atoms with E-state index in [2.05, 4.69) is 0 Å². The van der Waals surface area contributed by atoms with Crippen LogP contribution >= 0.6 is 12.4 Å². The van der Waals surface area contributed by atoms with E-state index in [0.717, 1.165) is 17.1 Å². The number of rotatable bonds is 6. The summed E-state index contributed by atoms with van der Waals surface area (Å²) in [5.74, 6) is 1.64. The summed E-state index contributed by atoms with van der Waals surface area (Å²) in [6.45, 7) is 3.03. The quantitative estimate of drug-likeness (QED) is 0.882. The van der Waals surface area contributed by atoms with Crippen LogP contribution in [-0.2, 0) is 11.3 Å². The summed E-state index contributed by atoms with van der Waals surface area (Å²) in [6.07, 6.45) is 0. The number of para-hydroxylation sites is 1. The summed E-state index contributed by atoms with van der Waals surface area (Å²) < 4.78 is 11.3. The number of benzene rings is 2. The second kappa shape index (κ2) is 8.59. The van der Waals surface area contributed by atoms with Gasteiger partial charge in [-0.2, -0.15) is 0 Å². The minimum Gasteiger partial charge on any atom is -0.457 e. The van der Waals surface area contributed by atoms with Crippen LogP contribution in [0.4, 0.5) is 0 Å². The molecule has 0 aliphatic rings. The molecule has 0 heterocycles. The molecular formula is C16H20ClNO2. The standard InChI is InChI=1S/C16H19NO2.ClH/c1-13(17)11-18-12-14-6-5-9-16(10-14)19-15-7-3-2-4-8-15;/h2-10,13H,11-12,17H2,1H3;1H. The van der Waals surface area contributed by atoms with Gasteiger partial charge in [0.15, 0.2) is 0 Å². The molecule has 3 nitrogen and oxygen atoms in total. The molecule has 0 aliphatic heterocycles. The average molecular weight is 294 g/mol. The van der Waals surface area contributed by atoms with Crippen molar-refractivity contribution in [1.82, 2.24) is 0 Å².